The number of hydrogen-bond donors (Lipinski definition) is 1. The van der Waals surface area contributed by atoms with Crippen molar-refractivity contribution < 1.29 is 41.3 Å². The van der Waals surface area contributed by atoms with Crippen molar-refractivity contribution in [1.82, 2.24) is 0 Å². The molecule has 2 aliphatic rings. The van der Waals surface area contributed by atoms with Crippen LogP contribution >= 0.6 is 0 Å². The number of unbranched alkanes of at least 4 members (excludes halogenated alkanes) is 2. The van der Waals surface area contributed by atoms with Gasteiger partial charge in [0.1, 0.15) is 23.0 Å². The summed E-state index contributed by atoms with van der Waals surface area (Å²) in [6, 6.07) is 59.5. The molecule has 1 aliphatic heterocycles. The quantitative estimate of drug-likeness (QED) is 0.0551. The number of rotatable bonds is 17. The van der Waals surface area contributed by atoms with E-state index in [1.54, 1.807) is 57.7 Å². The molecular formula is C75H66F3NO7. The molecule has 1 N–H and O–H groups in total. The highest BCUT2D eigenvalue weighted by Gasteiger charge is 2.59. The number of halogens is 3. The van der Waals surface area contributed by atoms with Crippen molar-refractivity contribution in [2.24, 2.45) is 5.92 Å². The molecule has 1 saturated carbocycles. The van der Waals surface area contributed by atoms with Crippen LogP contribution in [0.5, 0.6) is 23.0 Å². The lowest BCUT2D eigenvalue weighted by molar-refractivity contribution is -0.137. The zero-order valence-corrected chi connectivity index (χ0v) is 48.5. The van der Waals surface area contributed by atoms with Gasteiger partial charge in [-0.15, -0.1) is 0 Å². The second-order valence-corrected chi connectivity index (χ2v) is 22.6. The van der Waals surface area contributed by atoms with E-state index in [4.69, 9.17) is 23.4 Å². The highest BCUT2D eigenvalue weighted by atomic mass is 19.4. The Hall–Kier alpha value is -9.35. The Morgan fingerprint density at radius 2 is 1.28 bits per heavy atom. The van der Waals surface area contributed by atoms with Crippen LogP contribution in [0, 0.1) is 5.92 Å². The highest BCUT2D eigenvalue weighted by Crippen LogP contribution is 2.60. The average molecular weight is 1150 g/mol. The first-order valence-corrected chi connectivity index (χ1v) is 29.5. The number of ether oxygens (including phenoxy) is 4. The van der Waals surface area contributed by atoms with Crippen LogP contribution < -0.4 is 29.9 Å². The SMILES string of the molecule is CCCCC[C@H]1CC[C@H](c2ccc(-c3ccc(C(=O)Nc4ccc(-c5ccc6c7c(c8c(=O)occc8c6c5)C=CC(c5ccc(OC)cc5)(C(c5ccccc5)(c5ccccc5)c5ccc(OC)cc5OC)O7)c(C(F)(F)F)c4)cc3)cc2)CC1. The molecule has 1 fully saturated rings. The zero-order valence-electron chi connectivity index (χ0n) is 48.5. The summed E-state index contributed by atoms with van der Waals surface area (Å²) in [5, 5.41) is 4.31. The van der Waals surface area contributed by atoms with Gasteiger partial charge in [-0.2, -0.15) is 13.2 Å². The normalized spacial score (nSPS) is 16.7. The maximum absolute atomic E-state index is 15.5. The Labute approximate surface area is 498 Å². The summed E-state index contributed by atoms with van der Waals surface area (Å²) in [5.41, 5.74) is 2.65. The molecule has 1 atom stereocenters. The van der Waals surface area contributed by atoms with Gasteiger partial charge < -0.3 is 28.7 Å². The predicted molar refractivity (Wildman–Crippen MR) is 336 cm³/mol. The lowest BCUT2D eigenvalue weighted by atomic mass is 9.56. The van der Waals surface area contributed by atoms with E-state index >= 15 is 13.2 Å². The van der Waals surface area contributed by atoms with E-state index in [9.17, 15) is 9.59 Å². The molecule has 0 bridgehead atoms. The molecule has 434 valence electrons. The number of anilines is 1. The van der Waals surface area contributed by atoms with E-state index in [0.29, 0.717) is 67.3 Å². The molecule has 1 aromatic heterocycles. The molecule has 0 radical (unpaired) electrons. The third-order valence-corrected chi connectivity index (χ3v) is 17.8. The molecule has 1 unspecified atom stereocenters. The molecule has 10 aromatic rings. The Bertz CT molecular complexity index is 4130. The van der Waals surface area contributed by atoms with Gasteiger partial charge in [-0.25, -0.2) is 4.79 Å². The Morgan fingerprint density at radius 3 is 1.92 bits per heavy atom. The maximum atomic E-state index is 15.5. The van der Waals surface area contributed by atoms with Crippen molar-refractivity contribution in [3.8, 4) is 45.3 Å². The molecule has 0 saturated heterocycles. The Morgan fingerprint density at radius 1 is 0.628 bits per heavy atom. The summed E-state index contributed by atoms with van der Waals surface area (Å²) in [6.07, 6.45) is 10.5. The summed E-state index contributed by atoms with van der Waals surface area (Å²) in [4.78, 5) is 28.0. The number of methoxy groups -OCH3 is 3. The van der Waals surface area contributed by atoms with Gasteiger partial charge in [-0.1, -0.05) is 160 Å². The number of fused-ring (bicyclic) bond motifs is 6. The summed E-state index contributed by atoms with van der Waals surface area (Å²) in [5.74, 6) is 2.82. The van der Waals surface area contributed by atoms with Gasteiger partial charge in [0.05, 0.1) is 44.0 Å². The Kier molecular flexibility index (Phi) is 15.9. The van der Waals surface area contributed by atoms with Gasteiger partial charge in [0.2, 0.25) is 0 Å². The van der Waals surface area contributed by atoms with Gasteiger partial charge in [-0.05, 0) is 155 Å². The minimum Gasteiger partial charge on any atom is -0.497 e. The van der Waals surface area contributed by atoms with Crippen LogP contribution in [-0.2, 0) is 17.2 Å². The fourth-order valence-electron chi connectivity index (χ4n) is 13.5. The highest BCUT2D eigenvalue weighted by molar-refractivity contribution is 6.15. The van der Waals surface area contributed by atoms with E-state index in [1.807, 2.05) is 127 Å². The number of benzene rings is 9. The van der Waals surface area contributed by atoms with Gasteiger partial charge in [0.25, 0.3) is 5.91 Å². The van der Waals surface area contributed by atoms with Crippen molar-refractivity contribution in [3.05, 3.63) is 261 Å². The van der Waals surface area contributed by atoms with E-state index in [-0.39, 0.29) is 22.2 Å². The summed E-state index contributed by atoms with van der Waals surface area (Å²) < 4.78 is 77.8. The van der Waals surface area contributed by atoms with Crippen LogP contribution in [0.3, 0.4) is 0 Å². The molecular weight excluding hydrogens is 1080 g/mol. The standard InChI is InChI=1S/C75H66F3NO7/c1-5-6-9-14-48-19-21-49(22-20-48)50-23-25-51(26-24-50)52-27-29-53(30-28-52)71(80)79-58-34-39-61(67(46-58)75(76,77)78)54-31-38-63-65(45-54)62-42-44-85-72(81)69(62)64-41-43-73(86-70(63)64,55-32-35-59(82-2)36-33-55)74(56-15-10-7-11-16-56,57-17-12-8-13-18-57)66-40-37-60(83-3)47-68(66)84-4/h7-8,10-13,15-18,23-49H,5-6,9,14,19-22H2,1-4H3,(H,79,80)/t48-,49-,73?. The van der Waals surface area contributed by atoms with Crippen LogP contribution in [0.15, 0.2) is 216 Å². The second-order valence-electron chi connectivity index (χ2n) is 22.6. The fourth-order valence-corrected chi connectivity index (χ4v) is 13.5. The average Bonchev–Trinajstić information content (AvgIpc) is 1.25. The summed E-state index contributed by atoms with van der Waals surface area (Å²) in [7, 11) is 4.79. The van der Waals surface area contributed by atoms with Crippen LogP contribution in [0.1, 0.15) is 114 Å². The first-order valence-electron chi connectivity index (χ1n) is 29.5. The maximum Gasteiger partial charge on any atom is 0.417 e. The first kappa shape index (κ1) is 57.1. The molecule has 12 rings (SSSR count). The molecule has 2 heterocycles. The van der Waals surface area contributed by atoms with Crippen LogP contribution in [-0.4, -0.2) is 27.2 Å². The second kappa shape index (κ2) is 24.0. The molecule has 0 spiro atoms. The molecule has 9 aromatic carbocycles. The predicted octanol–water partition coefficient (Wildman–Crippen LogP) is 18.8. The lowest BCUT2D eigenvalue weighted by Gasteiger charge is -2.52. The number of carbonyl (C=O) groups excluding carboxylic acids is 1. The van der Waals surface area contributed by atoms with Crippen molar-refractivity contribution in [3.63, 3.8) is 0 Å². The molecule has 8 nitrogen and oxygen atoms in total. The van der Waals surface area contributed by atoms with E-state index in [2.05, 4.69) is 36.5 Å². The molecule has 86 heavy (non-hydrogen) atoms. The van der Waals surface area contributed by atoms with E-state index in [1.165, 1.54) is 75.3 Å². The Balaban J connectivity index is 0.921. The minimum atomic E-state index is -4.85. The van der Waals surface area contributed by atoms with Crippen LogP contribution in [0.2, 0.25) is 0 Å². The monoisotopic (exact) mass is 1150 g/mol. The van der Waals surface area contributed by atoms with Crippen LogP contribution in [0.4, 0.5) is 18.9 Å². The fraction of sp³-hybridized carbons (Fsp3) is 0.227. The number of alkyl halides is 3. The van der Waals surface area contributed by atoms with Crippen molar-refractivity contribution in [1.29, 1.82) is 0 Å². The zero-order chi connectivity index (χ0) is 59.6. The molecule has 1 amide bonds. The minimum absolute atomic E-state index is 0.0254. The topological polar surface area (TPSA) is 96.2 Å². The number of hydrogen-bond acceptors (Lipinski definition) is 7. The third-order valence-electron chi connectivity index (χ3n) is 17.8. The van der Waals surface area contributed by atoms with Gasteiger partial charge >= 0.3 is 11.8 Å². The van der Waals surface area contributed by atoms with Gasteiger partial charge in [0.15, 0.2) is 5.60 Å². The van der Waals surface area contributed by atoms with E-state index in [0.717, 1.165) is 34.2 Å². The number of nitrogens with one attached hydrogen (secondary N) is 1. The number of carbonyl (C=O) groups is 1. The van der Waals surface area contributed by atoms with Crippen LogP contribution in [0.25, 0.3) is 49.9 Å². The molecule has 11 heteroatoms. The summed E-state index contributed by atoms with van der Waals surface area (Å²) in [6.45, 7) is 2.26. The third kappa shape index (κ3) is 10.5. The largest absolute Gasteiger partial charge is 0.497 e. The lowest BCUT2D eigenvalue weighted by Crippen LogP contribution is -2.54. The number of amides is 1. The van der Waals surface area contributed by atoms with Gasteiger partial charge in [0, 0.05) is 44.8 Å². The molecule has 1 aliphatic carbocycles. The van der Waals surface area contributed by atoms with Crippen molar-refractivity contribution in [2.45, 2.75) is 81.4 Å². The van der Waals surface area contributed by atoms with Crippen molar-refractivity contribution in [2.75, 3.05) is 26.6 Å². The first-order chi connectivity index (χ1) is 41.9. The smallest absolute Gasteiger partial charge is 0.417 e. The van der Waals surface area contributed by atoms with E-state index < -0.39 is 34.3 Å². The van der Waals surface area contributed by atoms with Gasteiger partial charge in [-0.3, -0.25) is 4.79 Å². The van der Waals surface area contributed by atoms with Crippen molar-refractivity contribution >= 4 is 39.2 Å². The summed E-state index contributed by atoms with van der Waals surface area (Å²) >= 11 is 0.